The molecule has 0 spiro atoms. The molecular weight excluding hydrogens is 219 g/mol. The van der Waals surface area contributed by atoms with Crippen LogP contribution >= 0.6 is 30.8 Å². The highest BCUT2D eigenvalue weighted by Crippen LogP contribution is 2.10. The van der Waals surface area contributed by atoms with Crippen molar-refractivity contribution in [3.63, 3.8) is 0 Å². The quantitative estimate of drug-likeness (QED) is 0.326. The topological polar surface area (TPSA) is 26.0 Å². The lowest BCUT2D eigenvalue weighted by molar-refractivity contribution is 0.943. The van der Waals surface area contributed by atoms with Gasteiger partial charge in [0.05, 0.1) is 0 Å². The number of rotatable bonds is 4. The van der Waals surface area contributed by atoms with Crippen molar-refractivity contribution in [2.75, 3.05) is 12.7 Å². The first-order valence-electron chi connectivity index (χ1n) is 2.38. The maximum Gasteiger partial charge on any atom is 0.225 e. The van der Waals surface area contributed by atoms with Gasteiger partial charge in [0.1, 0.15) is 0 Å². The number of halogens is 1. The van der Waals surface area contributed by atoms with Gasteiger partial charge in [-0.2, -0.15) is 0 Å². The number of nitrogens with two attached hydrogens (primary N) is 1. The molecule has 2 N–H and O–H groups in total. The second-order valence-electron chi connectivity index (χ2n) is 1.28. The SMILES string of the molecule is NCCCPBI. The molecule has 1 nitrogen and oxygen atoms in total. The largest absolute Gasteiger partial charge is 0.330 e. The monoisotopic (exact) mass is 229 g/mol. The van der Waals surface area contributed by atoms with Gasteiger partial charge in [-0.15, -0.1) is 30.8 Å². The van der Waals surface area contributed by atoms with Crippen LogP contribution < -0.4 is 5.73 Å². The third-order valence-electron chi connectivity index (χ3n) is 0.652. The minimum atomic E-state index is 0.865. The van der Waals surface area contributed by atoms with Crippen LogP contribution in [-0.2, 0) is 0 Å². The Bertz CT molecular complexity index is 34.1. The Morgan fingerprint density at radius 1 is 1.71 bits per heavy atom. The molecule has 0 amide bonds. The van der Waals surface area contributed by atoms with Crippen LogP contribution in [0.25, 0.3) is 0 Å². The minimum absolute atomic E-state index is 0.865. The molecule has 42 valence electrons. The number of hydrogen-bond donors (Lipinski definition) is 1. The first kappa shape index (κ1) is 8.18. The predicted molar refractivity (Wildman–Crippen MR) is 48.0 cm³/mol. The van der Waals surface area contributed by atoms with Crippen molar-refractivity contribution in [3.05, 3.63) is 0 Å². The van der Waals surface area contributed by atoms with Crippen molar-refractivity contribution in [1.82, 2.24) is 0 Å². The molecule has 0 bridgehead atoms. The van der Waals surface area contributed by atoms with Gasteiger partial charge in [-0.05, 0) is 19.1 Å². The Labute approximate surface area is 60.7 Å². The Morgan fingerprint density at radius 3 is 2.86 bits per heavy atom. The standard InChI is InChI=1S/C3H10BINP/c5-4-7-3-1-2-6/h4,7H,1-3,6H2. The van der Waals surface area contributed by atoms with Crippen molar-refractivity contribution >= 4 is 35.7 Å². The zero-order valence-corrected chi connectivity index (χ0v) is 7.44. The van der Waals surface area contributed by atoms with Gasteiger partial charge in [-0.1, -0.05) is 0 Å². The fraction of sp³-hybridized carbons (Fsp3) is 1.00. The van der Waals surface area contributed by atoms with E-state index in [0.29, 0.717) is 0 Å². The first-order valence-corrected chi connectivity index (χ1v) is 5.32. The van der Waals surface area contributed by atoms with E-state index in [1.54, 1.807) is 0 Å². The van der Waals surface area contributed by atoms with Crippen LogP contribution in [0.3, 0.4) is 0 Å². The molecule has 0 rings (SSSR count). The molecule has 1 unspecified atom stereocenters. The van der Waals surface area contributed by atoms with E-state index < -0.39 is 0 Å². The molecule has 7 heavy (non-hydrogen) atoms. The van der Waals surface area contributed by atoms with E-state index in [9.17, 15) is 0 Å². The first-order chi connectivity index (χ1) is 3.41. The zero-order chi connectivity index (χ0) is 5.54. The summed E-state index contributed by atoms with van der Waals surface area (Å²) < 4.78 is 0. The van der Waals surface area contributed by atoms with E-state index in [-0.39, 0.29) is 0 Å². The summed E-state index contributed by atoms with van der Waals surface area (Å²) in [6.45, 7) is 0.865. The molecule has 1 atom stereocenters. The predicted octanol–water partition coefficient (Wildman–Crippen LogP) is 0.715. The van der Waals surface area contributed by atoms with Gasteiger partial charge in [0, 0.05) is 0 Å². The Kier molecular flexibility index (Phi) is 8.40. The molecule has 0 aliphatic carbocycles. The molecule has 4 heteroatoms. The fourth-order valence-corrected chi connectivity index (χ4v) is 2.03. The van der Waals surface area contributed by atoms with E-state index in [0.717, 1.165) is 15.0 Å². The molecular formula is C3H10BINP. The Morgan fingerprint density at radius 2 is 2.43 bits per heavy atom. The van der Waals surface area contributed by atoms with Crippen LogP contribution in [0.5, 0.6) is 0 Å². The van der Waals surface area contributed by atoms with Gasteiger partial charge in [0.2, 0.25) is 4.86 Å². The highest BCUT2D eigenvalue weighted by atomic mass is 127. The zero-order valence-electron chi connectivity index (χ0n) is 4.28. The summed E-state index contributed by atoms with van der Waals surface area (Å²) in [5, 5.41) is 0. The Hall–Kier alpha value is 1.18. The van der Waals surface area contributed by atoms with Crippen LogP contribution in [0.2, 0.25) is 0 Å². The summed E-state index contributed by atoms with van der Waals surface area (Å²) in [6.07, 6.45) is 2.54. The molecule has 0 aromatic rings. The molecule has 0 aromatic carbocycles. The Balaban J connectivity index is 2.45. The second kappa shape index (κ2) is 7.18. The van der Waals surface area contributed by atoms with Crippen molar-refractivity contribution in [3.8, 4) is 0 Å². The molecule has 0 saturated heterocycles. The van der Waals surface area contributed by atoms with Gasteiger partial charge < -0.3 is 5.73 Å². The van der Waals surface area contributed by atoms with Crippen LogP contribution in [0.1, 0.15) is 6.42 Å². The lowest BCUT2D eigenvalue weighted by Crippen LogP contribution is -1.98. The van der Waals surface area contributed by atoms with Crippen molar-refractivity contribution in [2.24, 2.45) is 5.73 Å². The lowest BCUT2D eigenvalue weighted by atomic mass is 10.5. The van der Waals surface area contributed by atoms with E-state index >= 15 is 0 Å². The van der Waals surface area contributed by atoms with Crippen LogP contribution in [-0.4, -0.2) is 17.6 Å². The van der Waals surface area contributed by atoms with Gasteiger partial charge in [-0.3, -0.25) is 0 Å². The van der Waals surface area contributed by atoms with Crippen LogP contribution in [0.4, 0.5) is 0 Å². The van der Waals surface area contributed by atoms with E-state index in [4.69, 9.17) is 5.73 Å². The van der Waals surface area contributed by atoms with E-state index in [1.165, 1.54) is 17.4 Å². The van der Waals surface area contributed by atoms with Gasteiger partial charge in [-0.25, -0.2) is 0 Å². The fourth-order valence-electron chi connectivity index (χ4n) is 0.294. The van der Waals surface area contributed by atoms with Crippen LogP contribution in [0.15, 0.2) is 0 Å². The highest BCUT2D eigenvalue weighted by molar-refractivity contribution is 14.1. The maximum absolute atomic E-state index is 5.27. The lowest BCUT2D eigenvalue weighted by Gasteiger charge is -1.89. The summed E-state index contributed by atoms with van der Waals surface area (Å²) in [4.78, 5) is 1.30. The second-order valence-corrected chi connectivity index (χ2v) is 4.83. The minimum Gasteiger partial charge on any atom is -0.330 e. The molecule has 0 radical (unpaired) electrons. The smallest absolute Gasteiger partial charge is 0.225 e. The summed E-state index contributed by atoms with van der Waals surface area (Å²) in [7, 11) is 1.13. The van der Waals surface area contributed by atoms with Crippen LogP contribution in [0, 0.1) is 0 Å². The van der Waals surface area contributed by atoms with E-state index in [1.807, 2.05) is 0 Å². The molecule has 0 saturated carbocycles. The van der Waals surface area contributed by atoms with Gasteiger partial charge in [0.15, 0.2) is 0 Å². The van der Waals surface area contributed by atoms with Crippen molar-refractivity contribution in [2.45, 2.75) is 6.42 Å². The summed E-state index contributed by atoms with van der Waals surface area (Å²) in [5.74, 6) is 0. The summed E-state index contributed by atoms with van der Waals surface area (Å²) in [6, 6.07) is 0. The molecule has 0 aliphatic rings. The molecule has 0 fully saturated rings. The highest BCUT2D eigenvalue weighted by Gasteiger charge is 1.82. The number of hydrogen-bond acceptors (Lipinski definition) is 1. The van der Waals surface area contributed by atoms with Crippen molar-refractivity contribution < 1.29 is 0 Å². The van der Waals surface area contributed by atoms with E-state index in [2.05, 4.69) is 22.4 Å². The molecule has 0 aromatic heterocycles. The van der Waals surface area contributed by atoms with Crippen molar-refractivity contribution in [1.29, 1.82) is 0 Å². The summed E-state index contributed by atoms with van der Waals surface area (Å²) in [5.41, 5.74) is 5.27. The average molecular weight is 229 g/mol. The summed E-state index contributed by atoms with van der Waals surface area (Å²) >= 11 is 2.40. The third kappa shape index (κ3) is 7.18. The van der Waals surface area contributed by atoms with Gasteiger partial charge >= 0.3 is 0 Å². The van der Waals surface area contributed by atoms with Gasteiger partial charge in [0.25, 0.3) is 0 Å². The molecule has 0 heterocycles. The molecule has 0 aliphatic heterocycles. The third-order valence-corrected chi connectivity index (χ3v) is 3.17. The maximum atomic E-state index is 5.27. The average Bonchev–Trinajstić information content (AvgIpc) is 1.69. The normalized spacial score (nSPS) is 10.6.